The molecule has 0 N–H and O–H groups in total. The zero-order valence-corrected chi connectivity index (χ0v) is 13.5. The second-order valence-corrected chi connectivity index (χ2v) is 5.80. The summed E-state index contributed by atoms with van der Waals surface area (Å²) in [5.41, 5.74) is 1.51. The van der Waals surface area contributed by atoms with Crippen LogP contribution in [0.1, 0.15) is 35.8 Å². The van der Waals surface area contributed by atoms with Gasteiger partial charge in [-0.05, 0) is 47.0 Å². The topological polar surface area (TPSA) is 50.6 Å². The van der Waals surface area contributed by atoms with E-state index in [9.17, 15) is 4.79 Å². The molecule has 0 atom stereocenters. The van der Waals surface area contributed by atoms with Gasteiger partial charge < -0.3 is 9.64 Å². The summed E-state index contributed by atoms with van der Waals surface area (Å²) in [5, 5.41) is 4.21. The lowest BCUT2D eigenvalue weighted by molar-refractivity contribution is 0.0522. The van der Waals surface area contributed by atoms with E-state index in [1.165, 1.54) is 12.8 Å². The van der Waals surface area contributed by atoms with Gasteiger partial charge in [-0.15, -0.1) is 0 Å². The number of nitrogens with zero attached hydrogens (tertiary/aromatic N) is 4. The SMILES string of the molecule is CCOC(=O)c1cnn(C)c1CN(C)C1CCN(C)CC1. The van der Waals surface area contributed by atoms with Gasteiger partial charge in [0.25, 0.3) is 0 Å². The van der Waals surface area contributed by atoms with Gasteiger partial charge in [0, 0.05) is 19.6 Å². The molecule has 1 aliphatic heterocycles. The third kappa shape index (κ3) is 3.83. The quantitative estimate of drug-likeness (QED) is 0.762. The van der Waals surface area contributed by atoms with E-state index in [2.05, 4.69) is 29.0 Å². The molecule has 2 heterocycles. The normalized spacial score (nSPS) is 17.4. The van der Waals surface area contributed by atoms with E-state index in [-0.39, 0.29) is 5.97 Å². The zero-order chi connectivity index (χ0) is 15.4. The molecule has 1 saturated heterocycles. The molecule has 6 heteroatoms. The molecule has 1 aliphatic rings. The van der Waals surface area contributed by atoms with Gasteiger partial charge in [-0.1, -0.05) is 0 Å². The number of hydrogen-bond donors (Lipinski definition) is 0. The van der Waals surface area contributed by atoms with Crippen LogP contribution in [0.15, 0.2) is 6.20 Å². The van der Waals surface area contributed by atoms with Crippen molar-refractivity contribution in [3.63, 3.8) is 0 Å². The average molecular weight is 294 g/mol. The highest BCUT2D eigenvalue weighted by atomic mass is 16.5. The highest BCUT2D eigenvalue weighted by Crippen LogP contribution is 2.18. The van der Waals surface area contributed by atoms with Gasteiger partial charge in [-0.3, -0.25) is 9.58 Å². The van der Waals surface area contributed by atoms with E-state index in [0.717, 1.165) is 25.3 Å². The van der Waals surface area contributed by atoms with Crippen LogP contribution in [-0.4, -0.2) is 65.4 Å². The van der Waals surface area contributed by atoms with Gasteiger partial charge in [-0.2, -0.15) is 5.10 Å². The van der Waals surface area contributed by atoms with E-state index in [0.29, 0.717) is 18.2 Å². The number of likely N-dealkylation sites (tertiary alicyclic amines) is 1. The fourth-order valence-corrected chi connectivity index (χ4v) is 2.83. The lowest BCUT2D eigenvalue weighted by Gasteiger charge is -2.35. The number of hydrogen-bond acceptors (Lipinski definition) is 5. The molecule has 1 fully saturated rings. The van der Waals surface area contributed by atoms with E-state index in [1.54, 1.807) is 10.9 Å². The summed E-state index contributed by atoms with van der Waals surface area (Å²) in [6, 6.07) is 0.561. The summed E-state index contributed by atoms with van der Waals surface area (Å²) >= 11 is 0. The summed E-state index contributed by atoms with van der Waals surface area (Å²) in [6.45, 7) is 5.19. The number of piperidine rings is 1. The van der Waals surface area contributed by atoms with Crippen molar-refractivity contribution in [1.82, 2.24) is 19.6 Å². The molecule has 1 aromatic heterocycles. The van der Waals surface area contributed by atoms with E-state index < -0.39 is 0 Å². The lowest BCUT2D eigenvalue weighted by atomic mass is 10.0. The molecule has 2 rings (SSSR count). The number of carbonyl (C=O) groups is 1. The Labute approximate surface area is 126 Å². The first-order valence-electron chi connectivity index (χ1n) is 7.59. The van der Waals surface area contributed by atoms with Crippen LogP contribution >= 0.6 is 0 Å². The van der Waals surface area contributed by atoms with Crippen LogP contribution in [0.25, 0.3) is 0 Å². The van der Waals surface area contributed by atoms with E-state index in [4.69, 9.17) is 4.74 Å². The fraction of sp³-hybridized carbons (Fsp3) is 0.733. The molecule has 0 saturated carbocycles. The standard InChI is InChI=1S/C15H26N4O2/c1-5-21-15(20)13-10-16-19(4)14(13)11-18(3)12-6-8-17(2)9-7-12/h10,12H,5-9,11H2,1-4H3. The first kappa shape index (κ1) is 16.0. The Hall–Kier alpha value is -1.40. The van der Waals surface area contributed by atoms with Gasteiger partial charge in [0.2, 0.25) is 0 Å². The number of carbonyl (C=O) groups excluding carboxylic acids is 1. The van der Waals surface area contributed by atoms with Crippen molar-refractivity contribution in [2.24, 2.45) is 7.05 Å². The summed E-state index contributed by atoms with van der Waals surface area (Å²) in [4.78, 5) is 16.7. The predicted octanol–water partition coefficient (Wildman–Crippen LogP) is 1.12. The summed E-state index contributed by atoms with van der Waals surface area (Å²) < 4.78 is 6.88. The highest BCUT2D eigenvalue weighted by molar-refractivity contribution is 5.90. The van der Waals surface area contributed by atoms with Crippen molar-refractivity contribution in [3.05, 3.63) is 17.5 Å². The van der Waals surface area contributed by atoms with Gasteiger partial charge in [0.15, 0.2) is 0 Å². The Kier molecular flexibility index (Phi) is 5.36. The number of aromatic nitrogens is 2. The van der Waals surface area contributed by atoms with E-state index >= 15 is 0 Å². The molecule has 21 heavy (non-hydrogen) atoms. The van der Waals surface area contributed by atoms with Crippen LogP contribution in [0.5, 0.6) is 0 Å². The molecular weight excluding hydrogens is 268 g/mol. The summed E-state index contributed by atoms with van der Waals surface area (Å²) in [7, 11) is 6.16. The van der Waals surface area contributed by atoms with Crippen LogP contribution in [0, 0.1) is 0 Å². The van der Waals surface area contributed by atoms with Crippen molar-refractivity contribution >= 4 is 5.97 Å². The second-order valence-electron chi connectivity index (χ2n) is 5.80. The molecule has 118 valence electrons. The molecule has 0 radical (unpaired) electrons. The molecule has 0 amide bonds. The fourth-order valence-electron chi connectivity index (χ4n) is 2.83. The van der Waals surface area contributed by atoms with Gasteiger partial charge in [0.1, 0.15) is 5.56 Å². The Bertz CT molecular complexity index is 478. The van der Waals surface area contributed by atoms with Gasteiger partial charge in [-0.25, -0.2) is 4.79 Å². The number of aryl methyl sites for hydroxylation is 1. The number of ether oxygens (including phenoxy) is 1. The minimum atomic E-state index is -0.280. The molecule has 0 aliphatic carbocycles. The van der Waals surface area contributed by atoms with Crippen molar-refractivity contribution in [2.45, 2.75) is 32.4 Å². The van der Waals surface area contributed by atoms with Crippen LogP contribution in [0.4, 0.5) is 0 Å². The maximum atomic E-state index is 12.0. The van der Waals surface area contributed by atoms with Crippen molar-refractivity contribution < 1.29 is 9.53 Å². The third-order valence-electron chi connectivity index (χ3n) is 4.27. The zero-order valence-electron chi connectivity index (χ0n) is 13.5. The Balaban J connectivity index is 2.05. The number of esters is 1. The number of rotatable bonds is 5. The summed E-state index contributed by atoms with van der Waals surface area (Å²) in [6.07, 6.45) is 3.94. The van der Waals surface area contributed by atoms with Crippen molar-refractivity contribution in [3.8, 4) is 0 Å². The molecule has 0 bridgehead atoms. The van der Waals surface area contributed by atoms with Gasteiger partial charge >= 0.3 is 5.97 Å². The van der Waals surface area contributed by atoms with Crippen LogP contribution < -0.4 is 0 Å². The maximum Gasteiger partial charge on any atom is 0.341 e. The first-order chi connectivity index (χ1) is 10.0. The van der Waals surface area contributed by atoms with Crippen LogP contribution in [0.2, 0.25) is 0 Å². The van der Waals surface area contributed by atoms with Crippen molar-refractivity contribution in [2.75, 3.05) is 33.8 Å². The predicted molar refractivity (Wildman–Crippen MR) is 81.2 cm³/mol. The van der Waals surface area contributed by atoms with Crippen LogP contribution in [-0.2, 0) is 18.3 Å². The molecular formula is C15H26N4O2. The second kappa shape index (κ2) is 7.04. The minimum absolute atomic E-state index is 0.280. The Morgan fingerprint density at radius 2 is 2.10 bits per heavy atom. The van der Waals surface area contributed by atoms with Gasteiger partial charge in [0.05, 0.1) is 18.5 Å². The third-order valence-corrected chi connectivity index (χ3v) is 4.27. The lowest BCUT2D eigenvalue weighted by Crippen LogP contribution is -2.41. The maximum absolute atomic E-state index is 12.0. The molecule has 0 aromatic carbocycles. The van der Waals surface area contributed by atoms with Crippen molar-refractivity contribution in [1.29, 1.82) is 0 Å². The monoisotopic (exact) mass is 294 g/mol. The summed E-state index contributed by atoms with van der Waals surface area (Å²) in [5.74, 6) is -0.280. The smallest absolute Gasteiger partial charge is 0.341 e. The molecule has 6 nitrogen and oxygen atoms in total. The molecule has 1 aromatic rings. The molecule has 0 unspecified atom stereocenters. The minimum Gasteiger partial charge on any atom is -0.462 e. The highest BCUT2D eigenvalue weighted by Gasteiger charge is 2.24. The molecule has 0 spiro atoms. The average Bonchev–Trinajstić information content (AvgIpc) is 2.81. The Morgan fingerprint density at radius 3 is 2.71 bits per heavy atom. The Morgan fingerprint density at radius 1 is 1.43 bits per heavy atom. The van der Waals surface area contributed by atoms with E-state index in [1.807, 2.05) is 14.0 Å². The largest absolute Gasteiger partial charge is 0.462 e. The van der Waals surface area contributed by atoms with Crippen LogP contribution in [0.3, 0.4) is 0 Å². The first-order valence-corrected chi connectivity index (χ1v) is 7.59.